The second-order valence-electron chi connectivity index (χ2n) is 2.35. The van der Waals surface area contributed by atoms with Crippen LogP contribution in [0.15, 0.2) is 16.6 Å². The van der Waals surface area contributed by atoms with Crippen molar-refractivity contribution in [1.29, 1.82) is 0 Å². The number of benzene rings is 1. The fourth-order valence-electron chi connectivity index (χ4n) is 0.885. The molecule has 0 bridgehead atoms. The molecule has 2 N–H and O–H groups in total. The quantitative estimate of drug-likeness (QED) is 0.660. The second-order valence-corrected chi connectivity index (χ2v) is 3.61. The fraction of sp³-hybridized carbons (Fsp3) is 0.125. The van der Waals surface area contributed by atoms with Crippen LogP contribution in [0.25, 0.3) is 0 Å². The number of halogens is 3. The first-order valence-electron chi connectivity index (χ1n) is 3.44. The summed E-state index contributed by atoms with van der Waals surface area (Å²) in [5.74, 6) is -1.21. The third kappa shape index (κ3) is 2.07. The highest BCUT2D eigenvalue weighted by Crippen LogP contribution is 2.25. The predicted molar refractivity (Wildman–Crippen MR) is 52.5 cm³/mol. The van der Waals surface area contributed by atoms with Crippen molar-refractivity contribution >= 4 is 33.3 Å². The highest BCUT2D eigenvalue weighted by atomic mass is 79.9. The number of ketones is 1. The Kier molecular flexibility index (Phi) is 3.41. The average Bonchev–Trinajstić information content (AvgIpc) is 2.12. The van der Waals surface area contributed by atoms with Crippen molar-refractivity contribution in [2.45, 2.75) is 0 Å². The van der Waals surface area contributed by atoms with Crippen LogP contribution in [0.4, 0.5) is 4.39 Å². The molecule has 1 rings (SSSR count). The summed E-state index contributed by atoms with van der Waals surface area (Å²) in [5, 5.41) is -0.0833. The molecule has 0 aromatic heterocycles. The molecule has 0 heterocycles. The van der Waals surface area contributed by atoms with E-state index in [1.807, 2.05) is 0 Å². The molecular weight excluding hydrogens is 260 g/mol. The van der Waals surface area contributed by atoms with Gasteiger partial charge >= 0.3 is 0 Å². The van der Waals surface area contributed by atoms with Gasteiger partial charge in [-0.05, 0) is 28.1 Å². The lowest BCUT2D eigenvalue weighted by molar-refractivity contribution is 0.0997. The summed E-state index contributed by atoms with van der Waals surface area (Å²) in [6.07, 6.45) is 0. The molecule has 70 valence electrons. The zero-order valence-electron chi connectivity index (χ0n) is 6.48. The maximum atomic E-state index is 13.3. The van der Waals surface area contributed by atoms with Crippen LogP contribution in [0.1, 0.15) is 10.4 Å². The molecule has 0 saturated carbocycles. The lowest BCUT2D eigenvalue weighted by Gasteiger charge is -2.04. The molecule has 13 heavy (non-hydrogen) atoms. The molecule has 0 saturated heterocycles. The van der Waals surface area contributed by atoms with Crippen LogP contribution in [0.2, 0.25) is 5.02 Å². The Morgan fingerprint density at radius 3 is 2.77 bits per heavy atom. The third-order valence-corrected chi connectivity index (χ3v) is 2.46. The Morgan fingerprint density at radius 1 is 1.62 bits per heavy atom. The maximum Gasteiger partial charge on any atom is 0.180 e. The third-order valence-electron chi connectivity index (χ3n) is 1.51. The van der Waals surface area contributed by atoms with Gasteiger partial charge in [-0.2, -0.15) is 0 Å². The zero-order valence-corrected chi connectivity index (χ0v) is 8.82. The van der Waals surface area contributed by atoms with Gasteiger partial charge in [0.2, 0.25) is 0 Å². The summed E-state index contributed by atoms with van der Waals surface area (Å²) >= 11 is 8.55. The van der Waals surface area contributed by atoms with Crippen molar-refractivity contribution in [1.82, 2.24) is 0 Å². The number of carbonyl (C=O) groups is 1. The summed E-state index contributed by atoms with van der Waals surface area (Å²) < 4.78 is 13.6. The SMILES string of the molecule is NCC(=O)c1c(Br)ccc(Cl)c1F. The fourth-order valence-corrected chi connectivity index (χ4v) is 1.57. The minimum atomic E-state index is -0.730. The van der Waals surface area contributed by atoms with Crippen molar-refractivity contribution in [2.24, 2.45) is 5.73 Å². The Balaban J connectivity index is 3.33. The van der Waals surface area contributed by atoms with E-state index < -0.39 is 11.6 Å². The lowest BCUT2D eigenvalue weighted by Crippen LogP contribution is -2.15. The minimum Gasteiger partial charge on any atom is -0.324 e. The number of hydrogen-bond acceptors (Lipinski definition) is 2. The van der Waals surface area contributed by atoms with Crippen LogP contribution < -0.4 is 5.73 Å². The summed E-state index contributed by atoms with van der Waals surface area (Å²) in [4.78, 5) is 11.2. The van der Waals surface area contributed by atoms with E-state index in [9.17, 15) is 9.18 Å². The molecular formula is C8H6BrClFNO. The van der Waals surface area contributed by atoms with Crippen LogP contribution in [0, 0.1) is 5.82 Å². The lowest BCUT2D eigenvalue weighted by atomic mass is 10.1. The van der Waals surface area contributed by atoms with Crippen LogP contribution in [0.3, 0.4) is 0 Å². The monoisotopic (exact) mass is 265 g/mol. The van der Waals surface area contributed by atoms with Crippen molar-refractivity contribution in [3.8, 4) is 0 Å². The van der Waals surface area contributed by atoms with Gasteiger partial charge in [0.1, 0.15) is 0 Å². The number of carbonyl (C=O) groups excluding carboxylic acids is 1. The van der Waals surface area contributed by atoms with Crippen LogP contribution in [-0.4, -0.2) is 12.3 Å². The summed E-state index contributed by atoms with van der Waals surface area (Å²) in [5.41, 5.74) is 5.02. The van der Waals surface area contributed by atoms with Gasteiger partial charge in [0.25, 0.3) is 0 Å². The number of hydrogen-bond donors (Lipinski definition) is 1. The number of rotatable bonds is 2. The van der Waals surface area contributed by atoms with E-state index in [0.717, 1.165) is 0 Å². The van der Waals surface area contributed by atoms with E-state index in [2.05, 4.69) is 15.9 Å². The molecule has 1 aromatic rings. The summed E-state index contributed by atoms with van der Waals surface area (Å²) in [6, 6.07) is 2.88. The van der Waals surface area contributed by atoms with Gasteiger partial charge in [0.15, 0.2) is 11.6 Å². The number of nitrogens with two attached hydrogens (primary N) is 1. The van der Waals surface area contributed by atoms with E-state index in [1.54, 1.807) is 0 Å². The van der Waals surface area contributed by atoms with E-state index in [4.69, 9.17) is 17.3 Å². The van der Waals surface area contributed by atoms with Crippen molar-refractivity contribution in [3.63, 3.8) is 0 Å². The predicted octanol–water partition coefficient (Wildman–Crippen LogP) is 2.38. The first kappa shape index (κ1) is 10.6. The van der Waals surface area contributed by atoms with Gasteiger partial charge in [-0.25, -0.2) is 4.39 Å². The molecule has 5 heteroatoms. The molecule has 0 spiro atoms. The topological polar surface area (TPSA) is 43.1 Å². The molecule has 0 amide bonds. The Hall–Kier alpha value is -0.450. The summed E-state index contributed by atoms with van der Waals surface area (Å²) in [7, 11) is 0. The molecule has 0 aliphatic heterocycles. The molecule has 0 aliphatic rings. The van der Waals surface area contributed by atoms with Gasteiger partial charge in [-0.15, -0.1) is 0 Å². The van der Waals surface area contributed by atoms with E-state index in [1.165, 1.54) is 12.1 Å². The smallest absolute Gasteiger partial charge is 0.180 e. The van der Waals surface area contributed by atoms with Gasteiger partial charge in [-0.1, -0.05) is 11.6 Å². The summed E-state index contributed by atoms with van der Waals surface area (Å²) in [6.45, 7) is -0.240. The van der Waals surface area contributed by atoms with Crippen LogP contribution >= 0.6 is 27.5 Å². The highest BCUT2D eigenvalue weighted by Gasteiger charge is 2.16. The number of Topliss-reactive ketones (excluding diaryl/α,β-unsaturated/α-hetero) is 1. The molecule has 0 aliphatic carbocycles. The van der Waals surface area contributed by atoms with E-state index in [-0.39, 0.29) is 17.1 Å². The van der Waals surface area contributed by atoms with Gasteiger partial charge < -0.3 is 5.73 Å². The second kappa shape index (κ2) is 4.17. The Morgan fingerprint density at radius 2 is 2.23 bits per heavy atom. The van der Waals surface area contributed by atoms with Gasteiger partial charge in [-0.3, -0.25) is 4.79 Å². The normalized spacial score (nSPS) is 10.2. The van der Waals surface area contributed by atoms with Crippen LogP contribution in [-0.2, 0) is 0 Å². The molecule has 2 nitrogen and oxygen atoms in total. The van der Waals surface area contributed by atoms with Crippen molar-refractivity contribution in [2.75, 3.05) is 6.54 Å². The molecule has 0 unspecified atom stereocenters. The first-order valence-corrected chi connectivity index (χ1v) is 4.61. The molecule has 0 fully saturated rings. The molecule has 0 atom stereocenters. The largest absolute Gasteiger partial charge is 0.324 e. The minimum absolute atomic E-state index is 0.0833. The van der Waals surface area contributed by atoms with Gasteiger partial charge in [0, 0.05) is 4.47 Å². The zero-order chi connectivity index (χ0) is 10.0. The standard InChI is InChI=1S/C8H6BrClFNO/c9-4-1-2-5(10)8(11)7(4)6(13)3-12/h1-2H,3,12H2. The molecule has 0 radical (unpaired) electrons. The van der Waals surface area contributed by atoms with E-state index >= 15 is 0 Å². The Bertz CT molecular complexity index is 356. The van der Waals surface area contributed by atoms with Crippen LogP contribution in [0.5, 0.6) is 0 Å². The van der Waals surface area contributed by atoms with E-state index in [0.29, 0.717) is 4.47 Å². The van der Waals surface area contributed by atoms with Crippen molar-refractivity contribution < 1.29 is 9.18 Å². The first-order chi connectivity index (χ1) is 6.07. The highest BCUT2D eigenvalue weighted by molar-refractivity contribution is 9.10. The van der Waals surface area contributed by atoms with Gasteiger partial charge in [0.05, 0.1) is 17.1 Å². The molecule has 1 aromatic carbocycles. The van der Waals surface area contributed by atoms with Crippen molar-refractivity contribution in [3.05, 3.63) is 33.0 Å². The maximum absolute atomic E-state index is 13.3. The average molecular weight is 266 g/mol. The Labute approximate surface area is 88.0 Å².